The van der Waals surface area contributed by atoms with E-state index in [9.17, 15) is 4.79 Å². The number of nitrogens with zero attached hydrogens (tertiary/aromatic N) is 3. The Bertz CT molecular complexity index is 423. The van der Waals surface area contributed by atoms with Crippen LogP contribution in [0.25, 0.3) is 0 Å². The Balaban J connectivity index is 1.98. The number of nitrogens with two attached hydrogens (primary N) is 1. The van der Waals surface area contributed by atoms with E-state index < -0.39 is 0 Å². The fourth-order valence-corrected chi connectivity index (χ4v) is 3.20. The summed E-state index contributed by atoms with van der Waals surface area (Å²) in [6.07, 6.45) is 9.41. The van der Waals surface area contributed by atoms with E-state index in [1.54, 1.807) is 18.0 Å². The molecule has 0 aromatic carbocycles. The van der Waals surface area contributed by atoms with Crippen LogP contribution in [0.1, 0.15) is 25.8 Å². The van der Waals surface area contributed by atoms with Crippen molar-refractivity contribution in [1.29, 1.82) is 0 Å². The van der Waals surface area contributed by atoms with Gasteiger partial charge >= 0.3 is 0 Å². The third-order valence-corrected chi connectivity index (χ3v) is 4.73. The Labute approximate surface area is 124 Å². The van der Waals surface area contributed by atoms with Crippen LogP contribution >= 0.6 is 11.8 Å². The van der Waals surface area contributed by atoms with Gasteiger partial charge in [0.1, 0.15) is 0 Å². The second-order valence-corrected chi connectivity index (χ2v) is 6.50. The molecular formula is C14H24N4OS. The van der Waals surface area contributed by atoms with E-state index in [0.29, 0.717) is 12.0 Å². The third kappa shape index (κ3) is 3.55. The first-order valence-corrected chi connectivity index (χ1v) is 8.53. The molecule has 0 spiro atoms. The van der Waals surface area contributed by atoms with Gasteiger partial charge in [0, 0.05) is 25.5 Å². The highest BCUT2D eigenvalue weighted by molar-refractivity contribution is 7.98. The molecule has 112 valence electrons. The maximum absolute atomic E-state index is 12.4. The molecule has 3 unspecified atom stereocenters. The van der Waals surface area contributed by atoms with Gasteiger partial charge in [-0.05, 0) is 30.8 Å². The first-order chi connectivity index (χ1) is 9.63. The fourth-order valence-electron chi connectivity index (χ4n) is 2.71. The maximum Gasteiger partial charge on any atom is 0.239 e. The minimum absolute atomic E-state index is 0.0936. The molecule has 0 saturated carbocycles. The Morgan fingerprint density at radius 3 is 3.05 bits per heavy atom. The number of piperidine rings is 1. The standard InChI is InChI=1S/C14H24N4OS/c1-11-3-6-17(14(19)12(15)4-8-20-2)9-13(11)18-7-5-16-10-18/h5,7,10-13H,3-4,6,8-9,15H2,1-2H3. The van der Waals surface area contributed by atoms with Gasteiger partial charge < -0.3 is 15.2 Å². The fraction of sp³-hybridized carbons (Fsp3) is 0.714. The van der Waals surface area contributed by atoms with Crippen LogP contribution < -0.4 is 5.73 Å². The van der Waals surface area contributed by atoms with Crippen molar-refractivity contribution in [1.82, 2.24) is 14.5 Å². The zero-order valence-electron chi connectivity index (χ0n) is 12.2. The summed E-state index contributed by atoms with van der Waals surface area (Å²) in [4.78, 5) is 18.4. The predicted octanol–water partition coefficient (Wildman–Crippen LogP) is 1.37. The van der Waals surface area contributed by atoms with Crippen LogP contribution in [0.15, 0.2) is 18.7 Å². The Morgan fingerprint density at radius 1 is 1.60 bits per heavy atom. The highest BCUT2D eigenvalue weighted by Crippen LogP contribution is 2.27. The molecule has 0 radical (unpaired) electrons. The SMILES string of the molecule is CSCCC(N)C(=O)N1CCC(C)C(n2ccnc2)C1. The number of hydrogen-bond donors (Lipinski definition) is 1. The molecule has 1 fully saturated rings. The summed E-state index contributed by atoms with van der Waals surface area (Å²) in [7, 11) is 0. The molecule has 0 aliphatic carbocycles. The second-order valence-electron chi connectivity index (χ2n) is 5.52. The second kappa shape index (κ2) is 7.13. The van der Waals surface area contributed by atoms with Crippen molar-refractivity contribution in [2.24, 2.45) is 11.7 Å². The van der Waals surface area contributed by atoms with Gasteiger partial charge in [-0.1, -0.05) is 6.92 Å². The lowest BCUT2D eigenvalue weighted by atomic mass is 9.92. The summed E-state index contributed by atoms with van der Waals surface area (Å²) in [5.41, 5.74) is 6.01. The van der Waals surface area contributed by atoms with Crippen molar-refractivity contribution in [3.8, 4) is 0 Å². The Morgan fingerprint density at radius 2 is 2.40 bits per heavy atom. The number of amides is 1. The first-order valence-electron chi connectivity index (χ1n) is 7.14. The van der Waals surface area contributed by atoms with Crippen LogP contribution in [0, 0.1) is 5.92 Å². The molecule has 2 heterocycles. The number of likely N-dealkylation sites (tertiary alicyclic amines) is 1. The average Bonchev–Trinajstić information content (AvgIpc) is 2.98. The number of rotatable bonds is 5. The summed E-state index contributed by atoms with van der Waals surface area (Å²) >= 11 is 1.73. The summed E-state index contributed by atoms with van der Waals surface area (Å²) in [6, 6.07) is -0.0535. The van der Waals surface area contributed by atoms with Gasteiger partial charge in [0.05, 0.1) is 18.4 Å². The molecule has 1 aliphatic heterocycles. The van der Waals surface area contributed by atoms with Crippen LogP contribution in [-0.2, 0) is 4.79 Å². The molecule has 5 nitrogen and oxygen atoms in total. The number of aromatic nitrogens is 2. The Hall–Kier alpha value is -1.01. The van der Waals surface area contributed by atoms with Gasteiger partial charge in [-0.2, -0.15) is 11.8 Å². The molecular weight excluding hydrogens is 272 g/mol. The minimum Gasteiger partial charge on any atom is -0.339 e. The van der Waals surface area contributed by atoms with Gasteiger partial charge in [0.15, 0.2) is 0 Å². The molecule has 1 aromatic rings. The van der Waals surface area contributed by atoms with Crippen LogP contribution in [-0.4, -0.2) is 51.5 Å². The van der Waals surface area contributed by atoms with Crippen LogP contribution in [0.5, 0.6) is 0 Å². The zero-order chi connectivity index (χ0) is 14.5. The van der Waals surface area contributed by atoms with Crippen molar-refractivity contribution in [3.05, 3.63) is 18.7 Å². The zero-order valence-corrected chi connectivity index (χ0v) is 13.1. The lowest BCUT2D eigenvalue weighted by molar-refractivity contribution is -0.135. The van der Waals surface area contributed by atoms with Crippen molar-refractivity contribution in [2.75, 3.05) is 25.1 Å². The lowest BCUT2D eigenvalue weighted by Gasteiger charge is -2.38. The average molecular weight is 296 g/mol. The Kier molecular flexibility index (Phi) is 5.48. The van der Waals surface area contributed by atoms with E-state index in [2.05, 4.69) is 16.5 Å². The van der Waals surface area contributed by atoms with Gasteiger partial charge in [-0.25, -0.2) is 4.98 Å². The molecule has 6 heteroatoms. The number of thioether (sulfide) groups is 1. The number of carbonyl (C=O) groups excluding carboxylic acids is 1. The largest absolute Gasteiger partial charge is 0.339 e. The molecule has 1 aromatic heterocycles. The number of imidazole rings is 1. The van der Waals surface area contributed by atoms with Crippen molar-refractivity contribution in [2.45, 2.75) is 31.8 Å². The van der Waals surface area contributed by atoms with Gasteiger partial charge in [0.2, 0.25) is 5.91 Å². The van der Waals surface area contributed by atoms with Crippen molar-refractivity contribution < 1.29 is 4.79 Å². The van der Waals surface area contributed by atoms with Gasteiger partial charge in [-0.15, -0.1) is 0 Å². The first kappa shape index (κ1) is 15.4. The summed E-state index contributed by atoms with van der Waals surface area (Å²) in [5.74, 6) is 1.58. The topological polar surface area (TPSA) is 64.2 Å². The molecule has 20 heavy (non-hydrogen) atoms. The number of hydrogen-bond acceptors (Lipinski definition) is 4. The predicted molar refractivity (Wildman–Crippen MR) is 82.6 cm³/mol. The van der Waals surface area contributed by atoms with E-state index in [4.69, 9.17) is 5.73 Å². The van der Waals surface area contributed by atoms with Gasteiger partial charge in [0.25, 0.3) is 0 Å². The molecule has 0 bridgehead atoms. The van der Waals surface area contributed by atoms with Crippen LogP contribution in [0.4, 0.5) is 0 Å². The molecule has 1 amide bonds. The summed E-state index contributed by atoms with van der Waals surface area (Å²) in [6.45, 7) is 3.79. The number of carbonyl (C=O) groups is 1. The molecule has 2 rings (SSSR count). The van der Waals surface area contributed by atoms with Gasteiger partial charge in [-0.3, -0.25) is 4.79 Å². The lowest BCUT2D eigenvalue weighted by Crippen LogP contribution is -2.50. The monoisotopic (exact) mass is 296 g/mol. The van der Waals surface area contributed by atoms with E-state index in [-0.39, 0.29) is 11.9 Å². The maximum atomic E-state index is 12.4. The highest BCUT2D eigenvalue weighted by atomic mass is 32.2. The summed E-state index contributed by atoms with van der Waals surface area (Å²) < 4.78 is 2.11. The summed E-state index contributed by atoms with van der Waals surface area (Å²) in [5, 5.41) is 0. The van der Waals surface area contributed by atoms with Crippen LogP contribution in [0.2, 0.25) is 0 Å². The third-order valence-electron chi connectivity index (χ3n) is 4.09. The van der Waals surface area contributed by atoms with Crippen LogP contribution in [0.3, 0.4) is 0 Å². The highest BCUT2D eigenvalue weighted by Gasteiger charge is 2.31. The van der Waals surface area contributed by atoms with E-state index in [0.717, 1.165) is 31.7 Å². The molecule has 2 N–H and O–H groups in total. The van der Waals surface area contributed by atoms with E-state index in [1.165, 1.54) is 0 Å². The van der Waals surface area contributed by atoms with Crippen molar-refractivity contribution in [3.63, 3.8) is 0 Å². The minimum atomic E-state index is -0.362. The molecule has 3 atom stereocenters. The molecule has 1 saturated heterocycles. The smallest absolute Gasteiger partial charge is 0.239 e. The normalized spacial score (nSPS) is 24.6. The quantitative estimate of drug-likeness (QED) is 0.891. The molecule has 1 aliphatic rings. The van der Waals surface area contributed by atoms with Crippen molar-refractivity contribution >= 4 is 17.7 Å². The van der Waals surface area contributed by atoms with E-state index >= 15 is 0 Å². The van der Waals surface area contributed by atoms with E-state index in [1.807, 2.05) is 23.7 Å².